The van der Waals surface area contributed by atoms with Crippen molar-refractivity contribution in [2.24, 2.45) is 5.92 Å². The van der Waals surface area contributed by atoms with Crippen molar-refractivity contribution in [3.05, 3.63) is 64.2 Å². The Hall–Kier alpha value is -1.84. The van der Waals surface area contributed by atoms with Gasteiger partial charge in [-0.1, -0.05) is 61.2 Å². The van der Waals surface area contributed by atoms with E-state index in [0.29, 0.717) is 16.7 Å². The van der Waals surface area contributed by atoms with Gasteiger partial charge in [-0.2, -0.15) is 0 Å². The number of ketones is 1. The van der Waals surface area contributed by atoms with E-state index in [-0.39, 0.29) is 17.6 Å². The van der Waals surface area contributed by atoms with Gasteiger partial charge in [0.15, 0.2) is 5.78 Å². The maximum absolute atomic E-state index is 13.4. The molecule has 1 aliphatic heterocycles. The van der Waals surface area contributed by atoms with Gasteiger partial charge in [0.25, 0.3) is 0 Å². The average molecular weight is 412 g/mol. The molecule has 3 nitrogen and oxygen atoms in total. The van der Waals surface area contributed by atoms with E-state index in [1.807, 2.05) is 30.3 Å². The first-order chi connectivity index (χ1) is 14.1. The van der Waals surface area contributed by atoms with Gasteiger partial charge >= 0.3 is 0 Å². The van der Waals surface area contributed by atoms with Crippen LogP contribution in [0.4, 0.5) is 0 Å². The topological polar surface area (TPSA) is 29.5 Å². The molecule has 1 aliphatic carbocycles. The molecule has 2 atom stereocenters. The Morgan fingerprint density at radius 3 is 2.34 bits per heavy atom. The first kappa shape index (κ1) is 20.4. The number of benzene rings is 2. The number of hydrogen-bond acceptors (Lipinski definition) is 3. The number of nitrogens with zero attached hydrogens (tertiary/aromatic N) is 1. The first-order valence-electron chi connectivity index (χ1n) is 10.7. The molecule has 0 aromatic heterocycles. The second-order valence-electron chi connectivity index (χ2n) is 8.65. The highest BCUT2D eigenvalue weighted by Crippen LogP contribution is 2.38. The quantitative estimate of drug-likeness (QED) is 0.571. The van der Waals surface area contributed by atoms with E-state index in [9.17, 15) is 4.79 Å². The Labute approximate surface area is 179 Å². The molecule has 1 saturated heterocycles. The van der Waals surface area contributed by atoms with E-state index >= 15 is 0 Å². The summed E-state index contributed by atoms with van der Waals surface area (Å²) in [6, 6.07) is 14.3. The van der Waals surface area contributed by atoms with Crippen LogP contribution in [0.1, 0.15) is 65.4 Å². The zero-order valence-corrected chi connectivity index (χ0v) is 18.1. The van der Waals surface area contributed by atoms with Crippen LogP contribution in [0, 0.1) is 5.92 Å². The van der Waals surface area contributed by atoms with Crippen molar-refractivity contribution in [2.75, 3.05) is 27.2 Å². The molecule has 0 radical (unpaired) electrons. The molecule has 1 saturated carbocycles. The summed E-state index contributed by atoms with van der Waals surface area (Å²) >= 11 is 6.36. The first-order valence-corrected chi connectivity index (χ1v) is 11.1. The van der Waals surface area contributed by atoms with Crippen molar-refractivity contribution in [1.82, 2.24) is 4.90 Å². The van der Waals surface area contributed by atoms with Crippen LogP contribution in [0.15, 0.2) is 42.5 Å². The summed E-state index contributed by atoms with van der Waals surface area (Å²) in [6.45, 7) is 1.64. The molecule has 2 fully saturated rings. The standard InChI is InChI=1S/C25H30ClNO2/c1-27-15-21(20-12-13-24(29-2)23(26)14-20)22(16-27)25(28)19-10-8-18(9-11-19)17-6-4-3-5-7-17/h8-14,17,21-22H,3-7,15-16H2,1-2H3/t21-,22-/m1/s1. The Kier molecular flexibility index (Phi) is 6.26. The molecule has 0 N–H and O–H groups in total. The van der Waals surface area contributed by atoms with Gasteiger partial charge in [0.05, 0.1) is 12.1 Å². The number of ether oxygens (including phenoxy) is 1. The highest BCUT2D eigenvalue weighted by molar-refractivity contribution is 6.32. The van der Waals surface area contributed by atoms with Gasteiger partial charge < -0.3 is 9.64 Å². The lowest BCUT2D eigenvalue weighted by atomic mass is 9.82. The summed E-state index contributed by atoms with van der Waals surface area (Å²) < 4.78 is 5.28. The summed E-state index contributed by atoms with van der Waals surface area (Å²) in [7, 11) is 3.70. The predicted molar refractivity (Wildman–Crippen MR) is 118 cm³/mol. The molecular weight excluding hydrogens is 382 g/mol. The fourth-order valence-corrected chi connectivity index (χ4v) is 5.35. The summed E-state index contributed by atoms with van der Waals surface area (Å²) in [5.74, 6) is 1.67. The van der Waals surface area contributed by atoms with Crippen molar-refractivity contribution in [3.63, 3.8) is 0 Å². The lowest BCUT2D eigenvalue weighted by Gasteiger charge is -2.22. The summed E-state index contributed by atoms with van der Waals surface area (Å²) in [5, 5.41) is 0.600. The van der Waals surface area contributed by atoms with Crippen molar-refractivity contribution < 1.29 is 9.53 Å². The number of likely N-dealkylation sites (tertiary alicyclic amines) is 1. The lowest BCUT2D eigenvalue weighted by Crippen LogP contribution is -2.22. The third-order valence-corrected chi connectivity index (χ3v) is 7.01. The number of halogens is 1. The summed E-state index contributed by atoms with van der Waals surface area (Å²) in [5.41, 5.74) is 3.33. The second-order valence-corrected chi connectivity index (χ2v) is 9.06. The minimum absolute atomic E-state index is 0.0509. The Morgan fingerprint density at radius 1 is 1.00 bits per heavy atom. The van der Waals surface area contributed by atoms with Gasteiger partial charge in [0.2, 0.25) is 0 Å². The highest BCUT2D eigenvalue weighted by atomic mass is 35.5. The van der Waals surface area contributed by atoms with Crippen LogP contribution in [0.2, 0.25) is 5.02 Å². The molecule has 0 spiro atoms. The minimum Gasteiger partial charge on any atom is -0.495 e. The van der Waals surface area contributed by atoms with Gasteiger partial charge in [-0.15, -0.1) is 0 Å². The second kappa shape index (κ2) is 8.89. The summed E-state index contributed by atoms with van der Waals surface area (Å²) in [6.07, 6.45) is 6.57. The predicted octanol–water partition coefficient (Wildman–Crippen LogP) is 5.92. The SMILES string of the molecule is COc1ccc([C@H]2CN(C)C[C@H]2C(=O)c2ccc(C3CCCCC3)cc2)cc1Cl. The van der Waals surface area contributed by atoms with Crippen molar-refractivity contribution in [3.8, 4) is 5.75 Å². The van der Waals surface area contributed by atoms with Crippen LogP contribution in [0.5, 0.6) is 5.75 Å². The molecule has 2 aliphatic rings. The number of carbonyl (C=O) groups excluding carboxylic acids is 1. The number of rotatable bonds is 5. The van der Waals surface area contributed by atoms with Crippen molar-refractivity contribution >= 4 is 17.4 Å². The van der Waals surface area contributed by atoms with E-state index in [0.717, 1.165) is 24.2 Å². The van der Waals surface area contributed by atoms with Crippen LogP contribution in [0.3, 0.4) is 0 Å². The Balaban J connectivity index is 1.54. The molecule has 29 heavy (non-hydrogen) atoms. The molecule has 4 rings (SSSR count). The van der Waals surface area contributed by atoms with Gasteiger partial charge in [-0.05, 0) is 49.1 Å². The minimum atomic E-state index is -0.0509. The van der Waals surface area contributed by atoms with Crippen molar-refractivity contribution in [2.45, 2.75) is 43.9 Å². The maximum Gasteiger partial charge on any atom is 0.167 e. The smallest absolute Gasteiger partial charge is 0.167 e. The van der Waals surface area contributed by atoms with Gasteiger partial charge in [-0.25, -0.2) is 0 Å². The number of methoxy groups -OCH3 is 1. The molecule has 1 heterocycles. The zero-order valence-electron chi connectivity index (χ0n) is 17.4. The van der Waals surface area contributed by atoms with E-state index in [4.69, 9.17) is 16.3 Å². The molecular formula is C25H30ClNO2. The van der Waals surface area contributed by atoms with Crippen LogP contribution in [-0.4, -0.2) is 37.9 Å². The molecule has 0 unspecified atom stereocenters. The van der Waals surface area contributed by atoms with Crippen LogP contribution in [0.25, 0.3) is 0 Å². The van der Waals surface area contributed by atoms with E-state index < -0.39 is 0 Å². The average Bonchev–Trinajstić information content (AvgIpc) is 3.15. The van der Waals surface area contributed by atoms with E-state index in [1.54, 1.807) is 7.11 Å². The Morgan fingerprint density at radius 2 is 1.69 bits per heavy atom. The largest absolute Gasteiger partial charge is 0.495 e. The van der Waals surface area contributed by atoms with Gasteiger partial charge in [-0.3, -0.25) is 4.79 Å². The monoisotopic (exact) mass is 411 g/mol. The van der Waals surface area contributed by atoms with Crippen LogP contribution in [-0.2, 0) is 0 Å². The fraction of sp³-hybridized carbons (Fsp3) is 0.480. The fourth-order valence-electron chi connectivity index (χ4n) is 5.09. The van der Waals surface area contributed by atoms with Crippen LogP contribution < -0.4 is 4.74 Å². The third-order valence-electron chi connectivity index (χ3n) is 6.71. The molecule has 154 valence electrons. The van der Waals surface area contributed by atoms with E-state index in [2.05, 4.69) is 24.1 Å². The number of Topliss-reactive ketones (excluding diaryl/α,β-unsaturated/α-hetero) is 1. The normalized spacial score (nSPS) is 23.3. The lowest BCUT2D eigenvalue weighted by molar-refractivity contribution is 0.0915. The molecule has 0 bridgehead atoms. The summed E-state index contributed by atoms with van der Waals surface area (Å²) in [4.78, 5) is 15.6. The van der Waals surface area contributed by atoms with E-state index in [1.165, 1.54) is 37.7 Å². The van der Waals surface area contributed by atoms with Gasteiger partial charge in [0, 0.05) is 30.5 Å². The number of hydrogen-bond donors (Lipinski definition) is 0. The number of carbonyl (C=O) groups is 1. The van der Waals surface area contributed by atoms with Crippen LogP contribution >= 0.6 is 11.6 Å². The maximum atomic E-state index is 13.4. The number of likely N-dealkylation sites (N-methyl/N-ethyl adjacent to an activating group) is 1. The zero-order chi connectivity index (χ0) is 20.4. The highest BCUT2D eigenvalue weighted by Gasteiger charge is 2.37. The molecule has 4 heteroatoms. The third kappa shape index (κ3) is 4.36. The molecule has 0 amide bonds. The Bertz CT molecular complexity index is 858. The van der Waals surface area contributed by atoms with Crippen molar-refractivity contribution in [1.29, 1.82) is 0 Å². The van der Waals surface area contributed by atoms with Gasteiger partial charge in [0.1, 0.15) is 5.75 Å². The molecule has 2 aromatic rings. The molecule has 2 aromatic carbocycles.